The molecular formula is C18H22N6O3. The molecule has 1 atom stereocenters. The molecule has 0 radical (unpaired) electrons. The molecule has 2 fully saturated rings. The fourth-order valence-electron chi connectivity index (χ4n) is 4.33. The van der Waals surface area contributed by atoms with Gasteiger partial charge < -0.3 is 19.5 Å². The summed E-state index contributed by atoms with van der Waals surface area (Å²) in [7, 11) is 3.63. The molecule has 0 bridgehead atoms. The topological polar surface area (TPSA) is 104 Å². The third-order valence-corrected chi connectivity index (χ3v) is 6.02. The van der Waals surface area contributed by atoms with E-state index < -0.39 is 17.4 Å². The maximum Gasteiger partial charge on any atom is 0.309 e. The molecule has 0 aliphatic carbocycles. The van der Waals surface area contributed by atoms with Gasteiger partial charge in [-0.05, 0) is 25.0 Å². The van der Waals surface area contributed by atoms with Crippen molar-refractivity contribution in [3.05, 3.63) is 24.5 Å². The van der Waals surface area contributed by atoms with E-state index in [9.17, 15) is 14.7 Å². The van der Waals surface area contributed by atoms with E-state index in [0.29, 0.717) is 31.6 Å². The molecule has 4 heterocycles. The van der Waals surface area contributed by atoms with Crippen molar-refractivity contribution in [2.24, 2.45) is 13.0 Å². The van der Waals surface area contributed by atoms with Crippen molar-refractivity contribution in [3.63, 3.8) is 0 Å². The zero-order chi connectivity index (χ0) is 19.2. The second kappa shape index (κ2) is 6.33. The van der Waals surface area contributed by atoms with Gasteiger partial charge in [-0.1, -0.05) is 0 Å². The number of likely N-dealkylation sites (tertiary alicyclic amines) is 1. The van der Waals surface area contributed by atoms with Gasteiger partial charge in [0.1, 0.15) is 5.69 Å². The number of imidazole rings is 1. The van der Waals surface area contributed by atoms with Crippen LogP contribution < -0.4 is 4.90 Å². The Kier molecular flexibility index (Phi) is 4.09. The van der Waals surface area contributed by atoms with Crippen molar-refractivity contribution in [1.82, 2.24) is 24.6 Å². The Morgan fingerprint density at radius 1 is 1.22 bits per heavy atom. The molecule has 2 aliphatic heterocycles. The van der Waals surface area contributed by atoms with Gasteiger partial charge >= 0.3 is 5.97 Å². The first-order valence-electron chi connectivity index (χ1n) is 8.98. The van der Waals surface area contributed by atoms with Crippen LogP contribution in [0.5, 0.6) is 0 Å². The molecule has 1 amide bonds. The van der Waals surface area contributed by atoms with Crippen LogP contribution in [0.2, 0.25) is 0 Å². The van der Waals surface area contributed by atoms with Crippen LogP contribution in [0.25, 0.3) is 11.5 Å². The first-order valence-corrected chi connectivity index (χ1v) is 8.98. The monoisotopic (exact) mass is 370 g/mol. The highest BCUT2D eigenvalue weighted by molar-refractivity contribution is 5.88. The van der Waals surface area contributed by atoms with Crippen LogP contribution in [0.1, 0.15) is 19.3 Å². The molecule has 2 saturated heterocycles. The normalized spacial score (nSPS) is 21.9. The fraction of sp³-hybridized carbons (Fsp3) is 0.500. The third-order valence-electron chi connectivity index (χ3n) is 6.02. The number of carbonyl (C=O) groups is 2. The number of aryl methyl sites for hydroxylation is 1. The summed E-state index contributed by atoms with van der Waals surface area (Å²) in [5.41, 5.74) is 0.103. The highest BCUT2D eigenvalue weighted by atomic mass is 16.4. The van der Waals surface area contributed by atoms with Crippen LogP contribution in [0.4, 0.5) is 5.82 Å². The van der Waals surface area contributed by atoms with Crippen LogP contribution >= 0.6 is 0 Å². The van der Waals surface area contributed by atoms with Gasteiger partial charge in [0, 0.05) is 46.0 Å². The standard InChI is InChI=1S/C18H22N6O3/c1-22-10-7-19-16(22)13-3-4-14(21-20-13)24-8-5-18(6-9-24)12(17(26)27)11-15(25)23(18)2/h3-4,7,10,12H,5-6,8-9,11H2,1-2H3,(H,26,27). The Morgan fingerprint density at radius 3 is 2.52 bits per heavy atom. The van der Waals surface area contributed by atoms with Gasteiger partial charge in [0.25, 0.3) is 0 Å². The van der Waals surface area contributed by atoms with E-state index >= 15 is 0 Å². The van der Waals surface area contributed by atoms with E-state index in [2.05, 4.69) is 20.1 Å². The summed E-state index contributed by atoms with van der Waals surface area (Å²) >= 11 is 0. The van der Waals surface area contributed by atoms with Gasteiger partial charge in [0.2, 0.25) is 5.91 Å². The van der Waals surface area contributed by atoms with Crippen molar-refractivity contribution in [3.8, 4) is 11.5 Å². The number of carboxylic acid groups (broad SMARTS) is 1. The van der Waals surface area contributed by atoms with E-state index in [4.69, 9.17) is 0 Å². The molecule has 2 aliphatic rings. The number of hydrogen-bond donors (Lipinski definition) is 1. The summed E-state index contributed by atoms with van der Waals surface area (Å²) in [5.74, 6) is -0.117. The lowest BCUT2D eigenvalue weighted by atomic mass is 9.77. The second-order valence-electron chi connectivity index (χ2n) is 7.28. The molecule has 2 aromatic rings. The molecule has 27 heavy (non-hydrogen) atoms. The van der Waals surface area contributed by atoms with Crippen LogP contribution in [-0.4, -0.2) is 67.3 Å². The second-order valence-corrected chi connectivity index (χ2v) is 7.28. The Morgan fingerprint density at radius 2 is 1.96 bits per heavy atom. The molecule has 1 spiro atoms. The van der Waals surface area contributed by atoms with Gasteiger partial charge in [0.05, 0.1) is 11.5 Å². The first kappa shape index (κ1) is 17.4. The van der Waals surface area contributed by atoms with Crippen molar-refractivity contribution in [2.45, 2.75) is 24.8 Å². The Hall–Kier alpha value is -2.97. The van der Waals surface area contributed by atoms with Crippen LogP contribution in [0.15, 0.2) is 24.5 Å². The average molecular weight is 370 g/mol. The predicted molar refractivity (Wildman–Crippen MR) is 96.9 cm³/mol. The minimum Gasteiger partial charge on any atom is -0.481 e. The number of aromatic nitrogens is 4. The van der Waals surface area contributed by atoms with Gasteiger partial charge in [-0.3, -0.25) is 9.59 Å². The Balaban J connectivity index is 1.50. The minimum absolute atomic E-state index is 0.0873. The van der Waals surface area contributed by atoms with E-state index in [-0.39, 0.29) is 12.3 Å². The zero-order valence-corrected chi connectivity index (χ0v) is 15.4. The summed E-state index contributed by atoms with van der Waals surface area (Å²) in [4.78, 5) is 31.8. The number of rotatable bonds is 3. The number of carbonyl (C=O) groups excluding carboxylic acids is 1. The SMILES string of the molecule is CN1C(=O)CC(C(=O)O)C12CCN(c1ccc(-c3nccn3C)nn1)CC2. The lowest BCUT2D eigenvalue weighted by Crippen LogP contribution is -2.56. The highest BCUT2D eigenvalue weighted by Gasteiger charge is 2.55. The summed E-state index contributed by atoms with van der Waals surface area (Å²) in [6, 6.07) is 3.80. The molecular weight excluding hydrogens is 348 g/mol. The lowest BCUT2D eigenvalue weighted by molar-refractivity contribution is -0.145. The van der Waals surface area contributed by atoms with Crippen molar-refractivity contribution >= 4 is 17.7 Å². The number of carboxylic acids is 1. The predicted octanol–water partition coefficient (Wildman–Crippen LogP) is 0.779. The molecule has 2 aromatic heterocycles. The molecule has 9 nitrogen and oxygen atoms in total. The molecule has 0 aromatic carbocycles. The first-order chi connectivity index (χ1) is 12.9. The minimum atomic E-state index is -0.889. The zero-order valence-electron chi connectivity index (χ0n) is 15.4. The maximum absolute atomic E-state index is 12.1. The van der Waals surface area contributed by atoms with Crippen molar-refractivity contribution < 1.29 is 14.7 Å². The van der Waals surface area contributed by atoms with Gasteiger partial charge in [0.15, 0.2) is 11.6 Å². The summed E-state index contributed by atoms with van der Waals surface area (Å²) in [6.45, 7) is 1.27. The summed E-state index contributed by atoms with van der Waals surface area (Å²) in [6.07, 6.45) is 4.87. The molecule has 4 rings (SSSR count). The number of nitrogens with zero attached hydrogens (tertiary/aromatic N) is 6. The van der Waals surface area contributed by atoms with E-state index in [1.54, 1.807) is 18.1 Å². The molecule has 1 unspecified atom stereocenters. The number of anilines is 1. The van der Waals surface area contributed by atoms with Crippen LogP contribution in [0.3, 0.4) is 0 Å². The van der Waals surface area contributed by atoms with Crippen molar-refractivity contribution in [1.29, 1.82) is 0 Å². The highest BCUT2D eigenvalue weighted by Crippen LogP contribution is 2.43. The largest absolute Gasteiger partial charge is 0.481 e. The average Bonchev–Trinajstić information content (AvgIpc) is 3.20. The number of aliphatic carboxylic acids is 1. The number of piperidine rings is 1. The van der Waals surface area contributed by atoms with E-state index in [0.717, 1.165) is 11.6 Å². The molecule has 1 N–H and O–H groups in total. The quantitative estimate of drug-likeness (QED) is 0.851. The molecule has 0 saturated carbocycles. The Bertz CT molecular complexity index is 869. The van der Waals surface area contributed by atoms with Gasteiger partial charge in [-0.25, -0.2) is 4.98 Å². The van der Waals surface area contributed by atoms with E-state index in [1.807, 2.05) is 29.9 Å². The number of amides is 1. The lowest BCUT2D eigenvalue weighted by Gasteiger charge is -2.45. The van der Waals surface area contributed by atoms with Gasteiger partial charge in [-0.2, -0.15) is 0 Å². The third kappa shape index (κ3) is 2.73. The van der Waals surface area contributed by atoms with Crippen molar-refractivity contribution in [2.75, 3.05) is 25.0 Å². The van der Waals surface area contributed by atoms with Crippen LogP contribution in [0, 0.1) is 5.92 Å². The summed E-state index contributed by atoms with van der Waals surface area (Å²) in [5, 5.41) is 18.2. The van der Waals surface area contributed by atoms with Crippen LogP contribution in [-0.2, 0) is 16.6 Å². The summed E-state index contributed by atoms with van der Waals surface area (Å²) < 4.78 is 1.88. The fourth-order valence-corrected chi connectivity index (χ4v) is 4.33. The number of hydrogen-bond acceptors (Lipinski definition) is 6. The van der Waals surface area contributed by atoms with Gasteiger partial charge in [-0.15, -0.1) is 10.2 Å². The molecule has 142 valence electrons. The maximum atomic E-state index is 12.1. The molecule has 9 heteroatoms. The smallest absolute Gasteiger partial charge is 0.309 e. The Labute approximate surface area is 156 Å². The van der Waals surface area contributed by atoms with E-state index in [1.165, 1.54) is 0 Å².